The highest BCUT2D eigenvalue weighted by atomic mass is 16.5. The van der Waals surface area contributed by atoms with Crippen molar-refractivity contribution in [3.05, 3.63) is 71.7 Å². The monoisotopic (exact) mass is 468 g/mol. The number of pyridine rings is 3. The molecule has 5 aromatic heterocycles. The molecule has 0 aliphatic heterocycles. The number of rotatable bonds is 6. The van der Waals surface area contributed by atoms with Crippen molar-refractivity contribution in [2.75, 3.05) is 5.32 Å². The molecule has 0 fully saturated rings. The standard InChI is InChI=1S/C25H24N8O2/c1-15(2)30-25-28-12-19(24(34)33(25)4)20-6-5-16-9-23(27-13-22(16)31-20)35-18-7-8-26-21(10-18)17-11-29-32(3)14-17/h5-15H,1-4H3,(H,28,30). The lowest BCUT2D eigenvalue weighted by molar-refractivity contribution is 0.463. The fourth-order valence-corrected chi connectivity index (χ4v) is 3.63. The number of anilines is 1. The van der Waals surface area contributed by atoms with E-state index in [2.05, 4.69) is 30.4 Å². The van der Waals surface area contributed by atoms with E-state index in [0.29, 0.717) is 34.4 Å². The first-order valence-electron chi connectivity index (χ1n) is 11.1. The lowest BCUT2D eigenvalue weighted by Crippen LogP contribution is -2.25. The molecular formula is C25H24N8O2. The maximum atomic E-state index is 12.9. The zero-order valence-electron chi connectivity index (χ0n) is 19.8. The van der Waals surface area contributed by atoms with Gasteiger partial charge in [0.2, 0.25) is 11.8 Å². The van der Waals surface area contributed by atoms with E-state index in [-0.39, 0.29) is 11.6 Å². The zero-order valence-corrected chi connectivity index (χ0v) is 19.8. The molecule has 0 radical (unpaired) electrons. The largest absolute Gasteiger partial charge is 0.439 e. The minimum atomic E-state index is -0.176. The van der Waals surface area contributed by atoms with Crippen molar-refractivity contribution < 1.29 is 4.74 Å². The molecule has 0 saturated heterocycles. The van der Waals surface area contributed by atoms with Crippen molar-refractivity contribution >= 4 is 16.9 Å². The van der Waals surface area contributed by atoms with E-state index in [1.165, 1.54) is 4.57 Å². The lowest BCUT2D eigenvalue weighted by Gasteiger charge is -2.13. The van der Waals surface area contributed by atoms with Gasteiger partial charge in [0.05, 0.1) is 34.9 Å². The van der Waals surface area contributed by atoms with E-state index in [0.717, 1.165) is 16.6 Å². The van der Waals surface area contributed by atoms with Gasteiger partial charge in [-0.3, -0.25) is 19.0 Å². The topological polar surface area (TPSA) is 113 Å². The van der Waals surface area contributed by atoms with Crippen LogP contribution in [0.5, 0.6) is 11.6 Å². The molecule has 10 nitrogen and oxygen atoms in total. The number of nitrogens with zero attached hydrogens (tertiary/aromatic N) is 7. The van der Waals surface area contributed by atoms with Gasteiger partial charge in [-0.1, -0.05) is 6.07 Å². The van der Waals surface area contributed by atoms with Gasteiger partial charge in [-0.15, -0.1) is 0 Å². The van der Waals surface area contributed by atoms with Crippen LogP contribution in [-0.4, -0.2) is 40.3 Å². The highest BCUT2D eigenvalue weighted by Crippen LogP contribution is 2.27. The molecule has 0 atom stereocenters. The third-order valence-electron chi connectivity index (χ3n) is 5.37. The predicted octanol–water partition coefficient (Wildman–Crippen LogP) is 3.80. The third-order valence-corrected chi connectivity index (χ3v) is 5.37. The number of fused-ring (bicyclic) bond motifs is 1. The summed E-state index contributed by atoms with van der Waals surface area (Å²) in [6, 6.07) is 9.27. The molecule has 0 unspecified atom stereocenters. The zero-order chi connectivity index (χ0) is 24.5. The number of aryl methyl sites for hydroxylation is 1. The van der Waals surface area contributed by atoms with Crippen LogP contribution in [0.4, 0.5) is 5.95 Å². The Bertz CT molecular complexity index is 1590. The summed E-state index contributed by atoms with van der Waals surface area (Å²) < 4.78 is 9.19. The first kappa shape index (κ1) is 22.2. The van der Waals surface area contributed by atoms with Crippen LogP contribution in [-0.2, 0) is 14.1 Å². The Morgan fingerprint density at radius 2 is 1.83 bits per heavy atom. The SMILES string of the molecule is CC(C)Nc1ncc(-c2ccc3cc(Oc4ccnc(-c5cnn(C)c5)c4)ncc3n2)c(=O)n1C. The summed E-state index contributed by atoms with van der Waals surface area (Å²) in [6.07, 6.45) is 8.50. The van der Waals surface area contributed by atoms with Gasteiger partial charge in [0.15, 0.2) is 0 Å². The number of hydrogen-bond donors (Lipinski definition) is 1. The van der Waals surface area contributed by atoms with E-state index in [1.807, 2.05) is 45.3 Å². The molecule has 0 amide bonds. The van der Waals surface area contributed by atoms with Crippen LogP contribution in [0.25, 0.3) is 33.4 Å². The molecule has 176 valence electrons. The first-order valence-corrected chi connectivity index (χ1v) is 11.1. The van der Waals surface area contributed by atoms with E-state index in [4.69, 9.17) is 4.74 Å². The Morgan fingerprint density at radius 1 is 0.971 bits per heavy atom. The van der Waals surface area contributed by atoms with Gasteiger partial charge in [-0.2, -0.15) is 5.10 Å². The van der Waals surface area contributed by atoms with Gasteiger partial charge in [0, 0.05) is 61.8 Å². The predicted molar refractivity (Wildman–Crippen MR) is 133 cm³/mol. The molecule has 0 aliphatic rings. The van der Waals surface area contributed by atoms with Crippen LogP contribution in [0.1, 0.15) is 13.8 Å². The minimum Gasteiger partial charge on any atom is -0.439 e. The normalized spacial score (nSPS) is 11.2. The fraction of sp³-hybridized carbons (Fsp3) is 0.200. The highest BCUT2D eigenvalue weighted by molar-refractivity contribution is 5.81. The maximum Gasteiger partial charge on any atom is 0.264 e. The van der Waals surface area contributed by atoms with Crippen molar-refractivity contribution in [3.8, 4) is 34.1 Å². The molecule has 0 aliphatic carbocycles. The molecular weight excluding hydrogens is 444 g/mol. The Morgan fingerprint density at radius 3 is 2.60 bits per heavy atom. The van der Waals surface area contributed by atoms with Gasteiger partial charge in [0.25, 0.3) is 5.56 Å². The number of aromatic nitrogens is 7. The molecule has 5 heterocycles. The van der Waals surface area contributed by atoms with Gasteiger partial charge in [-0.25, -0.2) is 15.0 Å². The first-order chi connectivity index (χ1) is 16.9. The number of ether oxygens (including phenoxy) is 1. The third kappa shape index (κ3) is 4.58. The Labute approximate surface area is 201 Å². The van der Waals surface area contributed by atoms with Gasteiger partial charge in [-0.05, 0) is 26.0 Å². The highest BCUT2D eigenvalue weighted by Gasteiger charge is 2.13. The fourth-order valence-electron chi connectivity index (χ4n) is 3.63. The Hall–Kier alpha value is -4.60. The van der Waals surface area contributed by atoms with Crippen molar-refractivity contribution in [2.45, 2.75) is 19.9 Å². The van der Waals surface area contributed by atoms with Crippen LogP contribution >= 0.6 is 0 Å². The number of hydrogen-bond acceptors (Lipinski definition) is 8. The van der Waals surface area contributed by atoms with E-state index < -0.39 is 0 Å². The summed E-state index contributed by atoms with van der Waals surface area (Å²) >= 11 is 0. The minimum absolute atomic E-state index is 0.161. The summed E-state index contributed by atoms with van der Waals surface area (Å²) in [4.78, 5) is 30.7. The van der Waals surface area contributed by atoms with Crippen molar-refractivity contribution in [3.63, 3.8) is 0 Å². The molecule has 5 aromatic rings. The molecule has 5 rings (SSSR count). The van der Waals surface area contributed by atoms with Gasteiger partial charge < -0.3 is 10.1 Å². The summed E-state index contributed by atoms with van der Waals surface area (Å²) in [7, 11) is 3.55. The van der Waals surface area contributed by atoms with Crippen LogP contribution in [0.15, 0.2) is 66.1 Å². The summed E-state index contributed by atoms with van der Waals surface area (Å²) in [6.45, 7) is 3.98. The molecule has 0 bridgehead atoms. The van der Waals surface area contributed by atoms with Crippen LogP contribution < -0.4 is 15.6 Å². The van der Waals surface area contributed by atoms with Crippen molar-refractivity contribution in [1.29, 1.82) is 0 Å². The van der Waals surface area contributed by atoms with Crippen LogP contribution in [0, 0.1) is 0 Å². The second kappa shape index (κ2) is 8.98. The van der Waals surface area contributed by atoms with E-state index in [1.54, 1.807) is 48.6 Å². The summed E-state index contributed by atoms with van der Waals surface area (Å²) in [5.74, 6) is 1.55. The van der Waals surface area contributed by atoms with Crippen molar-refractivity contribution in [1.82, 2.24) is 34.3 Å². The van der Waals surface area contributed by atoms with E-state index >= 15 is 0 Å². The Balaban J connectivity index is 1.41. The maximum absolute atomic E-state index is 12.9. The van der Waals surface area contributed by atoms with Crippen molar-refractivity contribution in [2.24, 2.45) is 14.1 Å². The molecule has 10 heteroatoms. The molecule has 0 saturated carbocycles. The Kier molecular flexibility index (Phi) is 5.69. The second-order valence-corrected chi connectivity index (χ2v) is 8.45. The lowest BCUT2D eigenvalue weighted by atomic mass is 10.1. The van der Waals surface area contributed by atoms with Gasteiger partial charge >= 0.3 is 0 Å². The smallest absolute Gasteiger partial charge is 0.264 e. The molecule has 1 N–H and O–H groups in total. The second-order valence-electron chi connectivity index (χ2n) is 8.45. The molecule has 0 spiro atoms. The van der Waals surface area contributed by atoms with Crippen LogP contribution in [0.3, 0.4) is 0 Å². The quantitative estimate of drug-likeness (QED) is 0.400. The van der Waals surface area contributed by atoms with Crippen LogP contribution in [0.2, 0.25) is 0 Å². The molecule has 0 aromatic carbocycles. The number of nitrogens with one attached hydrogen (secondary N) is 1. The molecule has 35 heavy (non-hydrogen) atoms. The average Bonchev–Trinajstić information content (AvgIpc) is 3.28. The summed E-state index contributed by atoms with van der Waals surface area (Å²) in [5, 5.41) is 8.18. The van der Waals surface area contributed by atoms with E-state index in [9.17, 15) is 4.79 Å². The average molecular weight is 469 g/mol. The summed E-state index contributed by atoms with van der Waals surface area (Å²) in [5.41, 5.74) is 3.08. The van der Waals surface area contributed by atoms with Gasteiger partial charge in [0.1, 0.15) is 5.75 Å².